The van der Waals surface area contributed by atoms with Gasteiger partial charge in [-0.15, -0.1) is 16.4 Å². The van der Waals surface area contributed by atoms with Crippen LogP contribution in [-0.4, -0.2) is 20.7 Å². The lowest BCUT2D eigenvalue weighted by Gasteiger charge is -2.12. The smallest absolute Gasteiger partial charge is 0.259 e. The molecule has 0 radical (unpaired) electrons. The third-order valence-corrected chi connectivity index (χ3v) is 5.39. The van der Waals surface area contributed by atoms with E-state index < -0.39 is 0 Å². The minimum Gasteiger partial charge on any atom is -0.289 e. The molecule has 0 saturated carbocycles. The third kappa shape index (κ3) is 2.37. The van der Waals surface area contributed by atoms with Gasteiger partial charge in [0.2, 0.25) is 5.95 Å². The number of nitrogens with one attached hydrogen (secondary N) is 1. The van der Waals surface area contributed by atoms with Crippen molar-refractivity contribution in [1.29, 1.82) is 0 Å². The van der Waals surface area contributed by atoms with Crippen molar-refractivity contribution >= 4 is 23.2 Å². The first-order valence-corrected chi connectivity index (χ1v) is 8.53. The van der Waals surface area contributed by atoms with Gasteiger partial charge in [-0.1, -0.05) is 0 Å². The van der Waals surface area contributed by atoms with E-state index >= 15 is 0 Å². The highest BCUT2D eigenvalue weighted by Crippen LogP contribution is 2.30. The largest absolute Gasteiger partial charge is 0.289 e. The van der Waals surface area contributed by atoms with Gasteiger partial charge in [0.05, 0.1) is 5.56 Å². The van der Waals surface area contributed by atoms with E-state index in [9.17, 15) is 4.79 Å². The molecule has 2 aliphatic rings. The Hall–Kier alpha value is -1.69. The van der Waals surface area contributed by atoms with Crippen LogP contribution in [0.4, 0.5) is 5.95 Å². The molecular formula is C15H18N4OS. The molecule has 0 bridgehead atoms. The molecular weight excluding hydrogens is 284 g/mol. The SMILES string of the molecule is O=C(Nc1nc2n(n1)CCCC2)c1csc2c1CCCC2. The van der Waals surface area contributed by atoms with Crippen LogP contribution in [0.5, 0.6) is 0 Å². The van der Waals surface area contributed by atoms with Gasteiger partial charge in [-0.05, 0) is 44.1 Å². The summed E-state index contributed by atoms with van der Waals surface area (Å²) in [5.41, 5.74) is 2.06. The van der Waals surface area contributed by atoms with E-state index in [0.717, 1.165) is 50.0 Å². The van der Waals surface area contributed by atoms with E-state index in [1.165, 1.54) is 23.3 Å². The maximum atomic E-state index is 12.5. The molecule has 6 heteroatoms. The van der Waals surface area contributed by atoms with Crippen LogP contribution in [0, 0.1) is 0 Å². The standard InChI is InChI=1S/C15H18N4OS/c20-14(11-9-21-12-6-2-1-5-10(11)12)17-15-16-13-7-3-4-8-19(13)18-15/h9H,1-8H2,(H,17,18,20). The molecule has 2 aromatic rings. The zero-order chi connectivity index (χ0) is 14.2. The van der Waals surface area contributed by atoms with Crippen LogP contribution in [0.2, 0.25) is 0 Å². The van der Waals surface area contributed by atoms with Crippen LogP contribution < -0.4 is 5.32 Å². The highest BCUT2D eigenvalue weighted by molar-refractivity contribution is 7.10. The average molecular weight is 302 g/mol. The topological polar surface area (TPSA) is 59.8 Å². The molecule has 0 atom stereocenters. The first kappa shape index (κ1) is 13.0. The Morgan fingerprint density at radius 2 is 2.05 bits per heavy atom. The predicted octanol–water partition coefficient (Wildman–Crippen LogP) is 2.81. The number of hydrogen-bond acceptors (Lipinski definition) is 4. The molecule has 0 aromatic carbocycles. The van der Waals surface area contributed by atoms with Crippen molar-refractivity contribution < 1.29 is 4.79 Å². The molecule has 1 aliphatic heterocycles. The monoisotopic (exact) mass is 302 g/mol. The Kier molecular flexibility index (Phi) is 3.25. The van der Waals surface area contributed by atoms with E-state index in [-0.39, 0.29) is 5.91 Å². The summed E-state index contributed by atoms with van der Waals surface area (Å²) in [6.45, 7) is 0.909. The first-order valence-electron chi connectivity index (χ1n) is 7.65. The van der Waals surface area contributed by atoms with E-state index in [1.54, 1.807) is 11.3 Å². The van der Waals surface area contributed by atoms with Crippen LogP contribution in [-0.2, 0) is 25.8 Å². The van der Waals surface area contributed by atoms with Crippen molar-refractivity contribution in [3.05, 3.63) is 27.2 Å². The number of nitrogens with zero attached hydrogens (tertiary/aromatic N) is 3. The summed E-state index contributed by atoms with van der Waals surface area (Å²) < 4.78 is 1.92. The van der Waals surface area contributed by atoms with Crippen LogP contribution >= 0.6 is 11.3 Å². The summed E-state index contributed by atoms with van der Waals surface area (Å²) in [4.78, 5) is 18.3. The number of fused-ring (bicyclic) bond motifs is 2. The number of thiophene rings is 1. The molecule has 5 nitrogen and oxygen atoms in total. The van der Waals surface area contributed by atoms with Crippen molar-refractivity contribution in [2.45, 2.75) is 51.5 Å². The van der Waals surface area contributed by atoms with Crippen LogP contribution in [0.1, 0.15) is 52.3 Å². The van der Waals surface area contributed by atoms with E-state index in [0.29, 0.717) is 5.95 Å². The lowest BCUT2D eigenvalue weighted by atomic mass is 9.96. The fourth-order valence-corrected chi connectivity index (χ4v) is 4.32. The third-order valence-electron chi connectivity index (χ3n) is 4.30. The van der Waals surface area contributed by atoms with Gasteiger partial charge < -0.3 is 0 Å². The van der Waals surface area contributed by atoms with Crippen molar-refractivity contribution in [2.24, 2.45) is 0 Å². The van der Waals surface area contributed by atoms with Crippen LogP contribution in [0.3, 0.4) is 0 Å². The van der Waals surface area contributed by atoms with Gasteiger partial charge in [0.1, 0.15) is 5.82 Å². The molecule has 0 fully saturated rings. The molecule has 2 aromatic heterocycles. The maximum absolute atomic E-state index is 12.5. The van der Waals surface area contributed by atoms with Crippen LogP contribution in [0.15, 0.2) is 5.38 Å². The van der Waals surface area contributed by atoms with Crippen molar-refractivity contribution in [3.8, 4) is 0 Å². The fraction of sp³-hybridized carbons (Fsp3) is 0.533. The van der Waals surface area contributed by atoms with E-state index in [1.807, 2.05) is 10.1 Å². The number of anilines is 1. The Labute approximate surface area is 127 Å². The van der Waals surface area contributed by atoms with Crippen molar-refractivity contribution in [1.82, 2.24) is 14.8 Å². The molecule has 1 aliphatic carbocycles. The van der Waals surface area contributed by atoms with Gasteiger partial charge in [-0.25, -0.2) is 4.68 Å². The molecule has 1 N–H and O–H groups in total. The van der Waals surface area contributed by atoms with Crippen LogP contribution in [0.25, 0.3) is 0 Å². The quantitative estimate of drug-likeness (QED) is 0.928. The van der Waals surface area contributed by atoms with Gasteiger partial charge >= 0.3 is 0 Å². The van der Waals surface area contributed by atoms with Gasteiger partial charge in [0.15, 0.2) is 0 Å². The Balaban J connectivity index is 1.55. The second-order valence-corrected chi connectivity index (χ2v) is 6.71. The predicted molar refractivity (Wildman–Crippen MR) is 81.9 cm³/mol. The molecule has 21 heavy (non-hydrogen) atoms. The summed E-state index contributed by atoms with van der Waals surface area (Å²) in [6.07, 6.45) is 7.81. The normalized spacial score (nSPS) is 17.1. The van der Waals surface area contributed by atoms with Gasteiger partial charge in [-0.2, -0.15) is 4.98 Å². The zero-order valence-corrected chi connectivity index (χ0v) is 12.7. The molecule has 0 spiro atoms. The molecule has 0 unspecified atom stereocenters. The average Bonchev–Trinajstić information content (AvgIpc) is 3.10. The van der Waals surface area contributed by atoms with Crippen molar-refractivity contribution in [2.75, 3.05) is 5.32 Å². The minimum atomic E-state index is -0.0580. The lowest BCUT2D eigenvalue weighted by Crippen LogP contribution is -2.15. The summed E-state index contributed by atoms with van der Waals surface area (Å²) >= 11 is 1.71. The second-order valence-electron chi connectivity index (χ2n) is 5.74. The number of rotatable bonds is 2. The highest BCUT2D eigenvalue weighted by Gasteiger charge is 2.22. The molecule has 3 heterocycles. The summed E-state index contributed by atoms with van der Waals surface area (Å²) in [5, 5.41) is 9.25. The lowest BCUT2D eigenvalue weighted by molar-refractivity contribution is 0.102. The van der Waals surface area contributed by atoms with Gasteiger partial charge in [0.25, 0.3) is 5.91 Å². The molecule has 0 saturated heterocycles. The Morgan fingerprint density at radius 1 is 1.19 bits per heavy atom. The van der Waals surface area contributed by atoms with Gasteiger partial charge in [0, 0.05) is 23.2 Å². The molecule has 110 valence electrons. The zero-order valence-electron chi connectivity index (χ0n) is 11.9. The summed E-state index contributed by atoms with van der Waals surface area (Å²) in [5.74, 6) is 1.38. The minimum absolute atomic E-state index is 0.0580. The Bertz CT molecular complexity index is 664. The fourth-order valence-electron chi connectivity index (χ4n) is 3.19. The van der Waals surface area contributed by atoms with E-state index in [2.05, 4.69) is 15.4 Å². The van der Waals surface area contributed by atoms with E-state index in [4.69, 9.17) is 0 Å². The second kappa shape index (κ2) is 5.26. The number of aromatic nitrogens is 3. The number of carbonyl (C=O) groups is 1. The first-order chi connectivity index (χ1) is 10.3. The number of hydrogen-bond donors (Lipinski definition) is 1. The van der Waals surface area contributed by atoms with Crippen molar-refractivity contribution in [3.63, 3.8) is 0 Å². The summed E-state index contributed by atoms with van der Waals surface area (Å²) in [6, 6.07) is 0. The summed E-state index contributed by atoms with van der Waals surface area (Å²) in [7, 11) is 0. The van der Waals surface area contributed by atoms with Gasteiger partial charge in [-0.3, -0.25) is 10.1 Å². The maximum Gasteiger partial charge on any atom is 0.259 e. The number of carbonyl (C=O) groups excluding carboxylic acids is 1. The Morgan fingerprint density at radius 3 is 2.95 bits per heavy atom. The number of aryl methyl sites for hydroxylation is 3. The highest BCUT2D eigenvalue weighted by atomic mass is 32.1. The molecule has 4 rings (SSSR count). The molecule has 1 amide bonds. The number of amides is 1.